The minimum Gasteiger partial charge on any atom is -0.355 e. The molecule has 2 aromatic rings. The third-order valence-corrected chi connectivity index (χ3v) is 4.64. The summed E-state index contributed by atoms with van der Waals surface area (Å²) in [6.45, 7) is 4.84. The van der Waals surface area contributed by atoms with Gasteiger partial charge in [-0.15, -0.1) is 10.2 Å². The van der Waals surface area contributed by atoms with E-state index in [1.807, 2.05) is 55.8 Å². The monoisotopic (exact) mass is 361 g/mol. The number of nitrogens with one attached hydrogen (secondary N) is 1. The number of carbonyl (C=O) groups is 2. The molecule has 7 nitrogen and oxygen atoms in total. The van der Waals surface area contributed by atoms with Crippen LogP contribution in [0, 0.1) is 0 Å². The van der Waals surface area contributed by atoms with Gasteiger partial charge in [-0.3, -0.25) is 9.59 Å². The molecule has 2 amide bonds. The topological polar surface area (TPSA) is 80.1 Å². The zero-order chi connectivity index (χ0) is 18.2. The summed E-state index contributed by atoms with van der Waals surface area (Å²) in [4.78, 5) is 25.5. The average Bonchev–Trinajstić information content (AvgIpc) is 2.99. The molecule has 0 spiro atoms. The average molecular weight is 361 g/mol. The number of carbonyl (C=O) groups excluding carboxylic acids is 2. The number of thioether (sulfide) groups is 1. The Bertz CT molecular complexity index is 717. The maximum absolute atomic E-state index is 12.3. The van der Waals surface area contributed by atoms with Gasteiger partial charge in [-0.25, -0.2) is 0 Å². The van der Waals surface area contributed by atoms with Crippen LogP contribution in [-0.4, -0.2) is 56.9 Å². The molecule has 0 aliphatic carbocycles. The molecule has 0 aliphatic heterocycles. The Kier molecular flexibility index (Phi) is 7.00. The summed E-state index contributed by atoms with van der Waals surface area (Å²) in [6, 6.07) is 9.77. The minimum atomic E-state index is -0.146. The predicted molar refractivity (Wildman–Crippen MR) is 98.1 cm³/mol. The highest BCUT2D eigenvalue weighted by Crippen LogP contribution is 2.22. The summed E-state index contributed by atoms with van der Waals surface area (Å²) in [6.07, 6.45) is 0. The van der Waals surface area contributed by atoms with E-state index in [0.717, 1.165) is 11.4 Å². The van der Waals surface area contributed by atoms with Crippen LogP contribution in [0.2, 0.25) is 0 Å². The minimum absolute atomic E-state index is 0.0812. The van der Waals surface area contributed by atoms with Crippen LogP contribution in [0.4, 0.5) is 0 Å². The highest BCUT2D eigenvalue weighted by molar-refractivity contribution is 7.99. The maximum atomic E-state index is 12.3. The van der Waals surface area contributed by atoms with Crippen molar-refractivity contribution < 1.29 is 9.59 Å². The van der Waals surface area contributed by atoms with Crippen molar-refractivity contribution in [2.75, 3.05) is 25.4 Å². The highest BCUT2D eigenvalue weighted by atomic mass is 32.2. The molecule has 1 heterocycles. The van der Waals surface area contributed by atoms with E-state index in [-0.39, 0.29) is 24.1 Å². The van der Waals surface area contributed by atoms with Crippen molar-refractivity contribution in [3.8, 4) is 11.4 Å². The van der Waals surface area contributed by atoms with Crippen LogP contribution < -0.4 is 5.32 Å². The van der Waals surface area contributed by atoms with Gasteiger partial charge in [0.15, 0.2) is 11.0 Å². The van der Waals surface area contributed by atoms with E-state index in [0.29, 0.717) is 18.2 Å². The molecule has 134 valence electrons. The number of aromatic nitrogens is 3. The van der Waals surface area contributed by atoms with Gasteiger partial charge in [0, 0.05) is 25.7 Å². The zero-order valence-electron chi connectivity index (χ0n) is 14.7. The highest BCUT2D eigenvalue weighted by Gasteiger charge is 2.17. The molecule has 1 aromatic heterocycles. The van der Waals surface area contributed by atoms with Crippen LogP contribution in [0.3, 0.4) is 0 Å². The van der Waals surface area contributed by atoms with Crippen LogP contribution in [0.15, 0.2) is 35.5 Å². The summed E-state index contributed by atoms with van der Waals surface area (Å²) in [5.74, 6) is 0.731. The number of hydrogen-bond donors (Lipinski definition) is 1. The molecule has 0 aliphatic rings. The molecule has 0 saturated carbocycles. The van der Waals surface area contributed by atoms with Gasteiger partial charge in [0.25, 0.3) is 0 Å². The normalized spacial score (nSPS) is 10.5. The van der Waals surface area contributed by atoms with Gasteiger partial charge in [-0.05, 0) is 13.8 Å². The quantitative estimate of drug-likeness (QED) is 0.722. The fraction of sp³-hybridized carbons (Fsp3) is 0.412. The molecular formula is C17H23N5O2S. The van der Waals surface area contributed by atoms with Crippen molar-refractivity contribution in [2.45, 2.75) is 19.0 Å². The molecule has 0 fully saturated rings. The summed E-state index contributed by atoms with van der Waals surface area (Å²) < 4.78 is 1.87. The third-order valence-electron chi connectivity index (χ3n) is 3.63. The Morgan fingerprint density at radius 1 is 1.20 bits per heavy atom. The Labute approximate surface area is 151 Å². The zero-order valence-corrected chi connectivity index (χ0v) is 15.5. The fourth-order valence-electron chi connectivity index (χ4n) is 2.30. The predicted octanol–water partition coefficient (Wildman–Crippen LogP) is 1.56. The summed E-state index contributed by atoms with van der Waals surface area (Å²) in [7, 11) is 1.88. The number of rotatable bonds is 8. The lowest BCUT2D eigenvalue weighted by Gasteiger charge is -2.19. The van der Waals surface area contributed by atoms with E-state index in [9.17, 15) is 9.59 Å². The molecule has 1 aromatic carbocycles. The molecule has 25 heavy (non-hydrogen) atoms. The summed E-state index contributed by atoms with van der Waals surface area (Å²) >= 11 is 1.32. The second kappa shape index (κ2) is 9.22. The number of amides is 2. The van der Waals surface area contributed by atoms with Gasteiger partial charge in [0.2, 0.25) is 11.8 Å². The Morgan fingerprint density at radius 3 is 2.56 bits per heavy atom. The molecule has 0 saturated heterocycles. The molecule has 2 rings (SSSR count). The standard InChI is InChI=1S/C17H23N5O2S/c1-4-18-14(23)11-22(5-2)15(24)12-25-17-20-19-16(21(17)3)13-9-7-6-8-10-13/h6-10H,4-5,11-12H2,1-3H3,(H,18,23). The van der Waals surface area contributed by atoms with Crippen molar-refractivity contribution in [1.29, 1.82) is 0 Å². The van der Waals surface area contributed by atoms with E-state index >= 15 is 0 Å². The van der Waals surface area contributed by atoms with Gasteiger partial charge in [0.1, 0.15) is 0 Å². The van der Waals surface area contributed by atoms with Crippen molar-refractivity contribution in [2.24, 2.45) is 7.05 Å². The lowest BCUT2D eigenvalue weighted by Crippen LogP contribution is -2.41. The van der Waals surface area contributed by atoms with Crippen molar-refractivity contribution in [1.82, 2.24) is 25.0 Å². The van der Waals surface area contributed by atoms with Gasteiger partial charge in [-0.2, -0.15) is 0 Å². The van der Waals surface area contributed by atoms with Crippen LogP contribution in [0.1, 0.15) is 13.8 Å². The van der Waals surface area contributed by atoms with Crippen molar-refractivity contribution in [3.63, 3.8) is 0 Å². The van der Waals surface area contributed by atoms with Gasteiger partial charge in [-0.1, -0.05) is 42.1 Å². The smallest absolute Gasteiger partial charge is 0.239 e. The molecule has 0 radical (unpaired) electrons. The van der Waals surface area contributed by atoms with E-state index in [2.05, 4.69) is 15.5 Å². The first-order chi connectivity index (χ1) is 12.1. The molecular weight excluding hydrogens is 338 g/mol. The Morgan fingerprint density at radius 2 is 1.92 bits per heavy atom. The van der Waals surface area contributed by atoms with E-state index < -0.39 is 0 Å². The first-order valence-corrected chi connectivity index (χ1v) is 9.17. The van der Waals surface area contributed by atoms with E-state index in [4.69, 9.17) is 0 Å². The van der Waals surface area contributed by atoms with Crippen molar-refractivity contribution >= 4 is 23.6 Å². The molecule has 8 heteroatoms. The van der Waals surface area contributed by atoms with Crippen LogP contribution in [-0.2, 0) is 16.6 Å². The van der Waals surface area contributed by atoms with Crippen LogP contribution >= 0.6 is 11.8 Å². The van der Waals surface area contributed by atoms with Gasteiger partial charge in [0.05, 0.1) is 12.3 Å². The van der Waals surface area contributed by atoms with E-state index in [1.165, 1.54) is 16.7 Å². The van der Waals surface area contributed by atoms with E-state index in [1.54, 1.807) is 0 Å². The number of benzene rings is 1. The second-order valence-electron chi connectivity index (χ2n) is 5.38. The largest absolute Gasteiger partial charge is 0.355 e. The molecule has 1 N–H and O–H groups in total. The molecule has 0 unspecified atom stereocenters. The summed E-state index contributed by atoms with van der Waals surface area (Å²) in [5, 5.41) is 11.7. The lowest BCUT2D eigenvalue weighted by atomic mass is 10.2. The SMILES string of the molecule is CCNC(=O)CN(CC)C(=O)CSc1nnc(-c2ccccc2)n1C. The van der Waals surface area contributed by atoms with Crippen LogP contribution in [0.5, 0.6) is 0 Å². The second-order valence-corrected chi connectivity index (χ2v) is 6.32. The fourth-order valence-corrected chi connectivity index (χ4v) is 3.11. The first kappa shape index (κ1) is 19.0. The van der Waals surface area contributed by atoms with Gasteiger partial charge < -0.3 is 14.8 Å². The molecule has 0 bridgehead atoms. The maximum Gasteiger partial charge on any atom is 0.239 e. The van der Waals surface area contributed by atoms with Gasteiger partial charge >= 0.3 is 0 Å². The summed E-state index contributed by atoms with van der Waals surface area (Å²) in [5.41, 5.74) is 0.974. The Hall–Kier alpha value is -2.35. The lowest BCUT2D eigenvalue weighted by molar-refractivity contribution is -0.133. The molecule has 0 atom stereocenters. The van der Waals surface area contributed by atoms with Crippen molar-refractivity contribution in [3.05, 3.63) is 30.3 Å². The Balaban J connectivity index is 1.98. The first-order valence-electron chi connectivity index (χ1n) is 8.18. The number of nitrogens with zero attached hydrogens (tertiary/aromatic N) is 4. The third kappa shape index (κ3) is 5.06. The van der Waals surface area contributed by atoms with Crippen LogP contribution in [0.25, 0.3) is 11.4 Å². The number of hydrogen-bond acceptors (Lipinski definition) is 5. The number of likely N-dealkylation sites (N-methyl/N-ethyl adjacent to an activating group) is 2.